The lowest BCUT2D eigenvalue weighted by molar-refractivity contribution is 0.0245. The Bertz CT molecular complexity index is 691. The van der Waals surface area contributed by atoms with Crippen LogP contribution in [-0.2, 0) is 0 Å². The Morgan fingerprint density at radius 3 is 2.89 bits per heavy atom. The Balaban J connectivity index is 2.37. The van der Waals surface area contributed by atoms with E-state index < -0.39 is 12.2 Å². The lowest BCUT2D eigenvalue weighted by Gasteiger charge is -2.16. The molecule has 0 aliphatic rings. The van der Waals surface area contributed by atoms with Crippen molar-refractivity contribution in [1.29, 1.82) is 0 Å². The van der Waals surface area contributed by atoms with Gasteiger partial charge in [-0.15, -0.1) is 0 Å². The van der Waals surface area contributed by atoms with Crippen molar-refractivity contribution in [3.05, 3.63) is 56.8 Å². The summed E-state index contributed by atoms with van der Waals surface area (Å²) in [7, 11) is 0. The summed E-state index contributed by atoms with van der Waals surface area (Å²) in [6, 6.07) is 5.80. The van der Waals surface area contributed by atoms with Crippen molar-refractivity contribution in [1.82, 2.24) is 0 Å². The summed E-state index contributed by atoms with van der Waals surface area (Å²) in [5.74, 6) is 0. The largest absolute Gasteiger partial charge is 0.464 e. The van der Waals surface area contributed by atoms with Crippen LogP contribution in [0.2, 0.25) is 0 Å². The second kappa shape index (κ2) is 5.53. The number of fused-ring (bicyclic) bond motifs is 1. The van der Waals surface area contributed by atoms with Crippen molar-refractivity contribution in [3.8, 4) is 0 Å². The molecule has 2 unspecified atom stereocenters. The van der Waals surface area contributed by atoms with Gasteiger partial charge < -0.3 is 14.6 Å². The maximum absolute atomic E-state index is 11.6. The van der Waals surface area contributed by atoms with Gasteiger partial charge in [0.05, 0.1) is 24.3 Å². The van der Waals surface area contributed by atoms with Crippen molar-refractivity contribution in [2.45, 2.75) is 12.2 Å². The minimum absolute atomic E-state index is 0.236. The van der Waals surface area contributed by atoms with Crippen molar-refractivity contribution >= 4 is 11.0 Å². The highest BCUT2D eigenvalue weighted by Crippen LogP contribution is 2.21. The summed E-state index contributed by atoms with van der Waals surface area (Å²) in [5.41, 5.74) is 8.67. The summed E-state index contributed by atoms with van der Waals surface area (Å²) < 4.78 is 5.14. The Morgan fingerprint density at radius 1 is 1.37 bits per heavy atom. The fourth-order valence-corrected chi connectivity index (χ4v) is 1.73. The van der Waals surface area contributed by atoms with Crippen LogP contribution in [0.4, 0.5) is 0 Å². The maximum Gasteiger partial charge on any atom is 0.192 e. The Labute approximate surface area is 107 Å². The fourth-order valence-electron chi connectivity index (χ4n) is 1.73. The van der Waals surface area contributed by atoms with Gasteiger partial charge in [0.15, 0.2) is 5.43 Å². The normalized spacial score (nSPS) is 13.8. The second-order valence-electron chi connectivity index (χ2n) is 3.97. The first-order valence-corrected chi connectivity index (χ1v) is 5.52. The average molecular weight is 261 g/mol. The van der Waals surface area contributed by atoms with Gasteiger partial charge in [0, 0.05) is 11.0 Å². The van der Waals surface area contributed by atoms with Gasteiger partial charge in [-0.3, -0.25) is 4.79 Å². The Kier molecular flexibility index (Phi) is 3.82. The first-order valence-electron chi connectivity index (χ1n) is 5.52. The van der Waals surface area contributed by atoms with Crippen LogP contribution in [0, 0.1) is 0 Å². The van der Waals surface area contributed by atoms with Crippen molar-refractivity contribution in [2.75, 3.05) is 6.54 Å². The number of aliphatic hydroxyl groups excluding tert-OH is 2. The molecule has 19 heavy (non-hydrogen) atoms. The number of hydrogen-bond donors (Lipinski definition) is 2. The van der Waals surface area contributed by atoms with Crippen LogP contribution in [0.1, 0.15) is 11.7 Å². The van der Waals surface area contributed by atoms with Crippen LogP contribution >= 0.6 is 0 Å². The predicted molar refractivity (Wildman–Crippen MR) is 67.5 cm³/mol. The molecule has 0 aliphatic heterocycles. The number of benzene rings is 1. The molecule has 0 amide bonds. The third-order valence-electron chi connectivity index (χ3n) is 2.72. The zero-order chi connectivity index (χ0) is 13.8. The molecule has 0 aliphatic carbocycles. The molecule has 0 fully saturated rings. The molecule has 2 rings (SSSR count). The van der Waals surface area contributed by atoms with Crippen LogP contribution in [0.15, 0.2) is 44.9 Å². The molecule has 98 valence electrons. The Hall–Kier alpha value is -2.34. The van der Waals surface area contributed by atoms with E-state index >= 15 is 0 Å². The highest BCUT2D eigenvalue weighted by atomic mass is 16.3. The van der Waals surface area contributed by atoms with Gasteiger partial charge in [-0.1, -0.05) is 11.2 Å². The van der Waals surface area contributed by atoms with Crippen LogP contribution in [-0.4, -0.2) is 22.9 Å². The van der Waals surface area contributed by atoms with Gasteiger partial charge in [0.25, 0.3) is 0 Å². The standard InChI is InChI=1S/C12H11N3O4/c13-15-14-6-10(17)12(18)7-1-2-11-8(5-7)9(16)3-4-19-11/h1-5,10,12,17-18H,6H2. The van der Waals surface area contributed by atoms with Gasteiger partial charge in [0.2, 0.25) is 0 Å². The van der Waals surface area contributed by atoms with Crippen molar-refractivity contribution in [3.63, 3.8) is 0 Å². The zero-order valence-electron chi connectivity index (χ0n) is 9.80. The topological polar surface area (TPSA) is 119 Å². The molecule has 1 heterocycles. The second-order valence-corrected chi connectivity index (χ2v) is 3.97. The smallest absolute Gasteiger partial charge is 0.192 e. The monoisotopic (exact) mass is 261 g/mol. The summed E-state index contributed by atoms with van der Waals surface area (Å²) in [5, 5.41) is 23.0. The van der Waals surface area contributed by atoms with Gasteiger partial charge >= 0.3 is 0 Å². The Morgan fingerprint density at radius 2 is 2.16 bits per heavy atom. The number of aliphatic hydroxyl groups is 2. The molecule has 0 saturated heterocycles. The maximum atomic E-state index is 11.6. The van der Waals surface area contributed by atoms with E-state index in [1.165, 1.54) is 30.5 Å². The SMILES string of the molecule is [N-]=[N+]=NCC(O)C(O)c1ccc2occc(=O)c2c1. The summed E-state index contributed by atoms with van der Waals surface area (Å²) >= 11 is 0. The molecule has 2 aromatic rings. The molecule has 0 radical (unpaired) electrons. The van der Waals surface area contributed by atoms with Crippen LogP contribution in [0.25, 0.3) is 21.4 Å². The predicted octanol–water partition coefficient (Wildman–Crippen LogP) is 1.50. The van der Waals surface area contributed by atoms with Crippen LogP contribution < -0.4 is 5.43 Å². The molecule has 2 N–H and O–H groups in total. The summed E-state index contributed by atoms with van der Waals surface area (Å²) in [6.45, 7) is -0.251. The molecule has 0 saturated carbocycles. The lowest BCUT2D eigenvalue weighted by atomic mass is 10.0. The third-order valence-corrected chi connectivity index (χ3v) is 2.72. The van der Waals surface area contributed by atoms with E-state index in [0.717, 1.165) is 0 Å². The van der Waals surface area contributed by atoms with E-state index in [9.17, 15) is 15.0 Å². The molecule has 2 atom stereocenters. The van der Waals surface area contributed by atoms with E-state index in [4.69, 9.17) is 9.95 Å². The molecule has 0 bridgehead atoms. The fraction of sp³-hybridized carbons (Fsp3) is 0.250. The zero-order valence-corrected chi connectivity index (χ0v) is 9.80. The van der Waals surface area contributed by atoms with Crippen LogP contribution in [0.5, 0.6) is 0 Å². The summed E-state index contributed by atoms with van der Waals surface area (Å²) in [4.78, 5) is 14.1. The number of azide groups is 1. The summed E-state index contributed by atoms with van der Waals surface area (Å²) in [6.07, 6.45) is -1.18. The first kappa shape index (κ1) is 13.1. The van der Waals surface area contributed by atoms with E-state index in [1.807, 2.05) is 0 Å². The van der Waals surface area contributed by atoms with Crippen molar-refractivity contribution < 1.29 is 14.6 Å². The van der Waals surface area contributed by atoms with Crippen LogP contribution in [0.3, 0.4) is 0 Å². The van der Waals surface area contributed by atoms with Gasteiger partial charge in [-0.2, -0.15) is 0 Å². The van der Waals surface area contributed by atoms with E-state index in [1.54, 1.807) is 0 Å². The van der Waals surface area contributed by atoms with Gasteiger partial charge in [-0.05, 0) is 23.2 Å². The average Bonchev–Trinajstić information content (AvgIpc) is 2.44. The molecule has 1 aromatic carbocycles. The van der Waals surface area contributed by atoms with E-state index in [0.29, 0.717) is 16.5 Å². The molecule has 7 heteroatoms. The van der Waals surface area contributed by atoms with Crippen molar-refractivity contribution in [2.24, 2.45) is 5.11 Å². The van der Waals surface area contributed by atoms with Gasteiger partial charge in [-0.25, -0.2) is 0 Å². The molecule has 7 nitrogen and oxygen atoms in total. The highest BCUT2D eigenvalue weighted by Gasteiger charge is 2.18. The minimum Gasteiger partial charge on any atom is -0.464 e. The quantitative estimate of drug-likeness (QED) is 0.492. The number of hydrogen-bond acceptors (Lipinski definition) is 5. The van der Waals surface area contributed by atoms with E-state index in [2.05, 4.69) is 10.0 Å². The molecule has 1 aromatic heterocycles. The first-order chi connectivity index (χ1) is 9.13. The molecular weight excluding hydrogens is 250 g/mol. The van der Waals surface area contributed by atoms with Gasteiger partial charge in [0.1, 0.15) is 11.7 Å². The third kappa shape index (κ3) is 2.74. The molecule has 0 spiro atoms. The molecular formula is C12H11N3O4. The number of rotatable bonds is 4. The van der Waals surface area contributed by atoms with E-state index in [-0.39, 0.29) is 12.0 Å². The lowest BCUT2D eigenvalue weighted by Crippen LogP contribution is -2.21. The number of nitrogens with zero attached hydrogens (tertiary/aromatic N) is 3. The highest BCUT2D eigenvalue weighted by molar-refractivity contribution is 5.76. The minimum atomic E-state index is -1.24.